The molecule has 0 bridgehead atoms. The molecule has 1 aliphatic heterocycles. The van der Waals surface area contributed by atoms with Crippen LogP contribution in [-0.2, 0) is 4.79 Å². The first-order valence-corrected chi connectivity index (χ1v) is 8.88. The summed E-state index contributed by atoms with van der Waals surface area (Å²) in [7, 11) is 0. The molecule has 0 spiro atoms. The van der Waals surface area contributed by atoms with Crippen LogP contribution in [0.5, 0.6) is 0 Å². The van der Waals surface area contributed by atoms with Crippen LogP contribution in [0.15, 0.2) is 22.8 Å². The topological polar surface area (TPSA) is 65.8 Å². The molecule has 1 saturated heterocycles. The number of furan rings is 1. The lowest BCUT2D eigenvalue weighted by molar-refractivity contribution is -0.133. The highest BCUT2D eigenvalue weighted by Crippen LogP contribution is 2.34. The summed E-state index contributed by atoms with van der Waals surface area (Å²) in [6.07, 6.45) is 4.54. The van der Waals surface area contributed by atoms with Crippen molar-refractivity contribution in [3.63, 3.8) is 0 Å². The average Bonchev–Trinajstić information content (AvgIpc) is 3.04. The Morgan fingerprint density at radius 3 is 2.62 bits per heavy atom. The van der Waals surface area contributed by atoms with Crippen LogP contribution in [0.4, 0.5) is 4.79 Å². The number of nitrogens with zero attached hydrogens (tertiary/aromatic N) is 2. The fourth-order valence-corrected chi connectivity index (χ4v) is 3.37. The average molecular weight is 333 g/mol. The van der Waals surface area contributed by atoms with Crippen LogP contribution in [0.1, 0.15) is 51.8 Å². The molecule has 1 N–H and O–H groups in total. The molecule has 132 valence electrons. The zero-order valence-corrected chi connectivity index (χ0v) is 14.7. The Morgan fingerprint density at radius 2 is 2.04 bits per heavy atom. The minimum Gasteiger partial charge on any atom is -0.467 e. The van der Waals surface area contributed by atoms with E-state index in [1.54, 1.807) is 6.26 Å². The van der Waals surface area contributed by atoms with E-state index in [4.69, 9.17) is 4.42 Å². The highest BCUT2D eigenvalue weighted by atomic mass is 16.3. The number of rotatable bonds is 5. The Hall–Kier alpha value is -1.98. The summed E-state index contributed by atoms with van der Waals surface area (Å²) in [6, 6.07) is 3.95. The van der Waals surface area contributed by atoms with Gasteiger partial charge in [0.15, 0.2) is 0 Å². The standard InChI is InChI=1S/C18H27N3O3/c1-12(2)17(22)20-9-8-14(11-20)19-18(23)21(15-6-7-15)13(3)16-5-4-10-24-16/h4-5,10,12-15H,6-9,11H2,1-3H3,(H,19,23)/t13-,14-/m1/s1. The monoisotopic (exact) mass is 333 g/mol. The smallest absolute Gasteiger partial charge is 0.318 e. The van der Waals surface area contributed by atoms with Gasteiger partial charge in [-0.1, -0.05) is 13.8 Å². The first-order valence-electron chi connectivity index (χ1n) is 8.88. The van der Waals surface area contributed by atoms with Gasteiger partial charge in [-0.3, -0.25) is 4.79 Å². The van der Waals surface area contributed by atoms with E-state index in [9.17, 15) is 9.59 Å². The molecule has 1 aromatic heterocycles. The van der Waals surface area contributed by atoms with Gasteiger partial charge in [0.25, 0.3) is 0 Å². The lowest BCUT2D eigenvalue weighted by atomic mass is 10.2. The maximum absolute atomic E-state index is 12.8. The van der Waals surface area contributed by atoms with E-state index in [1.165, 1.54) is 0 Å². The second-order valence-corrected chi connectivity index (χ2v) is 7.20. The summed E-state index contributed by atoms with van der Waals surface area (Å²) in [4.78, 5) is 28.6. The Labute approximate surface area is 143 Å². The molecular weight excluding hydrogens is 306 g/mol. The van der Waals surface area contributed by atoms with Crippen molar-refractivity contribution in [3.05, 3.63) is 24.2 Å². The molecule has 1 aromatic rings. The number of hydrogen-bond donors (Lipinski definition) is 1. The SMILES string of the molecule is CC(C)C(=O)N1CC[C@@H](NC(=O)N(C2CC2)[C@H](C)c2ccco2)C1. The van der Waals surface area contributed by atoms with Gasteiger partial charge >= 0.3 is 6.03 Å². The van der Waals surface area contributed by atoms with Crippen LogP contribution in [-0.4, -0.2) is 46.9 Å². The number of nitrogens with one attached hydrogen (secondary N) is 1. The molecule has 1 aliphatic carbocycles. The number of urea groups is 1. The van der Waals surface area contributed by atoms with Gasteiger partial charge in [-0.15, -0.1) is 0 Å². The molecule has 2 aliphatic rings. The fraction of sp³-hybridized carbons (Fsp3) is 0.667. The van der Waals surface area contributed by atoms with Crippen LogP contribution in [0.25, 0.3) is 0 Å². The first kappa shape index (κ1) is 16.9. The minimum atomic E-state index is -0.0812. The predicted octanol–water partition coefficient (Wildman–Crippen LogP) is 2.77. The van der Waals surface area contributed by atoms with Gasteiger partial charge < -0.3 is 19.5 Å². The summed E-state index contributed by atoms with van der Waals surface area (Å²) in [5.74, 6) is 0.969. The summed E-state index contributed by atoms with van der Waals surface area (Å²) in [5, 5.41) is 3.12. The van der Waals surface area contributed by atoms with Crippen molar-refractivity contribution < 1.29 is 14.0 Å². The molecular formula is C18H27N3O3. The number of hydrogen-bond acceptors (Lipinski definition) is 3. The van der Waals surface area contributed by atoms with E-state index < -0.39 is 0 Å². The van der Waals surface area contributed by atoms with Gasteiger partial charge in [0, 0.05) is 31.1 Å². The molecule has 2 heterocycles. The van der Waals surface area contributed by atoms with E-state index in [-0.39, 0.29) is 29.9 Å². The van der Waals surface area contributed by atoms with Crippen LogP contribution in [0, 0.1) is 5.92 Å². The number of likely N-dealkylation sites (tertiary alicyclic amines) is 1. The van der Waals surface area contributed by atoms with Gasteiger partial charge in [0.05, 0.1) is 12.3 Å². The molecule has 6 nitrogen and oxygen atoms in total. The lowest BCUT2D eigenvalue weighted by Crippen LogP contribution is -2.48. The second kappa shape index (κ2) is 6.87. The third-order valence-corrected chi connectivity index (χ3v) is 4.87. The van der Waals surface area contributed by atoms with Crippen molar-refractivity contribution >= 4 is 11.9 Å². The number of carbonyl (C=O) groups excluding carboxylic acids is 2. The Morgan fingerprint density at radius 1 is 1.29 bits per heavy atom. The van der Waals surface area contributed by atoms with Gasteiger partial charge in [-0.25, -0.2) is 4.79 Å². The summed E-state index contributed by atoms with van der Waals surface area (Å²) in [6.45, 7) is 7.15. The zero-order valence-electron chi connectivity index (χ0n) is 14.7. The summed E-state index contributed by atoms with van der Waals surface area (Å²) in [5.41, 5.74) is 0. The molecule has 24 heavy (non-hydrogen) atoms. The molecule has 3 amide bonds. The number of amides is 3. The lowest BCUT2D eigenvalue weighted by Gasteiger charge is -2.29. The molecule has 0 radical (unpaired) electrons. The third-order valence-electron chi connectivity index (χ3n) is 4.87. The number of carbonyl (C=O) groups is 2. The highest BCUT2D eigenvalue weighted by Gasteiger charge is 2.38. The quantitative estimate of drug-likeness (QED) is 0.901. The largest absolute Gasteiger partial charge is 0.467 e. The fourth-order valence-electron chi connectivity index (χ4n) is 3.37. The van der Waals surface area contributed by atoms with Crippen LogP contribution in [0.3, 0.4) is 0 Å². The molecule has 2 fully saturated rings. The molecule has 6 heteroatoms. The van der Waals surface area contributed by atoms with E-state index in [0.717, 1.165) is 31.6 Å². The van der Waals surface area contributed by atoms with E-state index in [2.05, 4.69) is 5.32 Å². The summed E-state index contributed by atoms with van der Waals surface area (Å²) >= 11 is 0. The molecule has 2 atom stereocenters. The zero-order chi connectivity index (χ0) is 17.3. The van der Waals surface area contributed by atoms with Gasteiger partial charge in [-0.05, 0) is 38.3 Å². The van der Waals surface area contributed by atoms with E-state index in [1.807, 2.05) is 42.7 Å². The van der Waals surface area contributed by atoms with Crippen molar-refractivity contribution in [3.8, 4) is 0 Å². The van der Waals surface area contributed by atoms with E-state index in [0.29, 0.717) is 12.6 Å². The van der Waals surface area contributed by atoms with Crippen molar-refractivity contribution in [1.29, 1.82) is 0 Å². The minimum absolute atomic E-state index is 0.00129. The van der Waals surface area contributed by atoms with Gasteiger partial charge in [0.1, 0.15) is 5.76 Å². The van der Waals surface area contributed by atoms with Crippen molar-refractivity contribution in [2.24, 2.45) is 5.92 Å². The Bertz CT molecular complexity index is 580. The van der Waals surface area contributed by atoms with Gasteiger partial charge in [0.2, 0.25) is 5.91 Å². The van der Waals surface area contributed by atoms with Crippen molar-refractivity contribution in [2.45, 2.75) is 58.2 Å². The normalized spacial score (nSPS) is 21.8. The van der Waals surface area contributed by atoms with Crippen molar-refractivity contribution in [1.82, 2.24) is 15.1 Å². The first-order chi connectivity index (χ1) is 11.5. The van der Waals surface area contributed by atoms with Crippen LogP contribution < -0.4 is 5.32 Å². The third kappa shape index (κ3) is 3.57. The molecule has 0 aromatic carbocycles. The maximum atomic E-state index is 12.8. The van der Waals surface area contributed by atoms with Crippen molar-refractivity contribution in [2.75, 3.05) is 13.1 Å². The molecule has 1 saturated carbocycles. The molecule has 0 unspecified atom stereocenters. The highest BCUT2D eigenvalue weighted by molar-refractivity contribution is 5.79. The Kier molecular flexibility index (Phi) is 4.83. The van der Waals surface area contributed by atoms with E-state index >= 15 is 0 Å². The van der Waals surface area contributed by atoms with Crippen LogP contribution in [0.2, 0.25) is 0 Å². The predicted molar refractivity (Wildman–Crippen MR) is 90.3 cm³/mol. The maximum Gasteiger partial charge on any atom is 0.318 e. The Balaban J connectivity index is 1.60. The molecule has 3 rings (SSSR count). The van der Waals surface area contributed by atoms with Crippen LogP contribution >= 0.6 is 0 Å². The second-order valence-electron chi connectivity index (χ2n) is 7.20. The summed E-state index contributed by atoms with van der Waals surface area (Å²) < 4.78 is 5.47. The van der Waals surface area contributed by atoms with Gasteiger partial charge in [-0.2, -0.15) is 0 Å².